The molecule has 0 atom stereocenters. The molecule has 4 nitrogen and oxygen atoms in total. The van der Waals surface area contributed by atoms with Crippen LogP contribution in [0.2, 0.25) is 0 Å². The number of aromatic nitrogens is 2. The molecule has 4 rings (SSSR count). The van der Waals surface area contributed by atoms with Crippen LogP contribution in [-0.2, 0) is 12.7 Å². The van der Waals surface area contributed by atoms with E-state index in [1.807, 2.05) is 24.4 Å². The fourth-order valence-corrected chi connectivity index (χ4v) is 3.40. The third-order valence-corrected chi connectivity index (χ3v) is 4.75. The van der Waals surface area contributed by atoms with Crippen LogP contribution >= 0.6 is 12.2 Å². The zero-order valence-corrected chi connectivity index (χ0v) is 16.5. The fourth-order valence-electron chi connectivity index (χ4n) is 3.17. The molecule has 8 heteroatoms. The predicted octanol–water partition coefficient (Wildman–Crippen LogP) is 5.91. The molecule has 2 N–H and O–H groups in total. The number of benzene rings is 3. The molecule has 0 amide bonds. The van der Waals surface area contributed by atoms with E-state index in [2.05, 4.69) is 40.0 Å². The number of thiocarbonyl (C=S) groups is 1. The second kappa shape index (κ2) is 8.16. The number of nitrogens with one attached hydrogen (secondary N) is 2. The number of rotatable bonds is 4. The van der Waals surface area contributed by atoms with Crippen molar-refractivity contribution in [2.75, 3.05) is 10.6 Å². The van der Waals surface area contributed by atoms with Crippen molar-refractivity contribution in [1.82, 2.24) is 9.78 Å². The molecule has 1 heterocycles. The number of halogens is 3. The van der Waals surface area contributed by atoms with Gasteiger partial charge in [0.15, 0.2) is 10.9 Å². The Kier molecular flexibility index (Phi) is 5.41. The van der Waals surface area contributed by atoms with E-state index in [4.69, 9.17) is 12.2 Å². The Bertz CT molecular complexity index is 1190. The van der Waals surface area contributed by atoms with Crippen LogP contribution in [0.4, 0.5) is 24.7 Å². The third kappa shape index (κ3) is 4.60. The van der Waals surface area contributed by atoms with Gasteiger partial charge in [0.05, 0.1) is 12.1 Å². The van der Waals surface area contributed by atoms with Gasteiger partial charge in [0, 0.05) is 18.0 Å². The van der Waals surface area contributed by atoms with Crippen LogP contribution < -0.4 is 10.6 Å². The van der Waals surface area contributed by atoms with Gasteiger partial charge in [0.25, 0.3) is 0 Å². The first-order valence-electron chi connectivity index (χ1n) is 9.14. The van der Waals surface area contributed by atoms with Gasteiger partial charge >= 0.3 is 6.18 Å². The second-order valence-corrected chi connectivity index (χ2v) is 7.10. The minimum atomic E-state index is -4.41. The van der Waals surface area contributed by atoms with Gasteiger partial charge < -0.3 is 10.6 Å². The van der Waals surface area contributed by atoms with Gasteiger partial charge in [-0.3, -0.25) is 4.68 Å². The summed E-state index contributed by atoms with van der Waals surface area (Å²) in [4.78, 5) is 0. The highest BCUT2D eigenvalue weighted by Crippen LogP contribution is 2.30. The van der Waals surface area contributed by atoms with Crippen molar-refractivity contribution in [3.05, 3.63) is 90.1 Å². The summed E-state index contributed by atoms with van der Waals surface area (Å²) in [6.07, 6.45) is -2.59. The van der Waals surface area contributed by atoms with Crippen molar-refractivity contribution in [2.24, 2.45) is 0 Å². The number of hydrogen-bond donors (Lipinski definition) is 2. The zero-order chi connectivity index (χ0) is 21.1. The molecule has 4 aromatic rings. The summed E-state index contributed by atoms with van der Waals surface area (Å²) >= 11 is 5.20. The van der Waals surface area contributed by atoms with Crippen LogP contribution in [0.5, 0.6) is 0 Å². The summed E-state index contributed by atoms with van der Waals surface area (Å²) in [5.74, 6) is 0.500. The number of hydrogen-bond acceptors (Lipinski definition) is 2. The lowest BCUT2D eigenvalue weighted by Crippen LogP contribution is -2.20. The number of fused-ring (bicyclic) bond motifs is 1. The first-order chi connectivity index (χ1) is 14.4. The van der Waals surface area contributed by atoms with Crippen LogP contribution in [0.3, 0.4) is 0 Å². The summed E-state index contributed by atoms with van der Waals surface area (Å²) < 4.78 is 40.3. The van der Waals surface area contributed by atoms with Crippen LogP contribution in [-0.4, -0.2) is 14.9 Å². The van der Waals surface area contributed by atoms with Crippen molar-refractivity contribution < 1.29 is 13.2 Å². The minimum absolute atomic E-state index is 0.157. The average molecular weight is 426 g/mol. The summed E-state index contributed by atoms with van der Waals surface area (Å²) in [5, 5.41) is 12.6. The van der Waals surface area contributed by atoms with Crippen LogP contribution in [0.15, 0.2) is 79.0 Å². The van der Waals surface area contributed by atoms with Crippen molar-refractivity contribution in [3.8, 4) is 0 Å². The molecule has 0 aliphatic rings. The van der Waals surface area contributed by atoms with Gasteiger partial charge in [-0.25, -0.2) is 0 Å². The Morgan fingerprint density at radius 3 is 2.53 bits per heavy atom. The Labute approximate surface area is 176 Å². The molecule has 0 radical (unpaired) electrons. The van der Waals surface area contributed by atoms with E-state index < -0.39 is 11.7 Å². The SMILES string of the molecule is FC(F)(F)c1cccc(NC(=S)Nc2ccn(Cc3cccc4ccccc34)n2)c1. The van der Waals surface area contributed by atoms with Gasteiger partial charge in [-0.1, -0.05) is 48.5 Å². The largest absolute Gasteiger partial charge is 0.416 e. The molecule has 152 valence electrons. The molecule has 0 spiro atoms. The highest BCUT2D eigenvalue weighted by molar-refractivity contribution is 7.80. The summed E-state index contributed by atoms with van der Waals surface area (Å²) in [6, 6.07) is 20.9. The molecular formula is C22H17F3N4S. The van der Waals surface area contributed by atoms with Crippen LogP contribution in [0, 0.1) is 0 Å². The molecule has 3 aromatic carbocycles. The topological polar surface area (TPSA) is 41.9 Å². The van der Waals surface area contributed by atoms with Gasteiger partial charge in [-0.2, -0.15) is 18.3 Å². The van der Waals surface area contributed by atoms with Crippen LogP contribution in [0.25, 0.3) is 10.8 Å². The number of nitrogens with zero attached hydrogens (tertiary/aromatic N) is 2. The van der Waals surface area contributed by atoms with E-state index in [9.17, 15) is 13.2 Å². The molecule has 0 aliphatic heterocycles. The normalized spacial score (nSPS) is 11.4. The summed E-state index contributed by atoms with van der Waals surface area (Å²) in [7, 11) is 0. The Balaban J connectivity index is 1.43. The summed E-state index contributed by atoms with van der Waals surface area (Å²) in [5.41, 5.74) is 0.639. The molecule has 0 bridgehead atoms. The predicted molar refractivity (Wildman–Crippen MR) is 117 cm³/mol. The van der Waals surface area contributed by atoms with Crippen molar-refractivity contribution in [3.63, 3.8) is 0 Å². The number of alkyl halides is 3. The highest BCUT2D eigenvalue weighted by atomic mass is 32.1. The van der Waals surface area contributed by atoms with E-state index in [1.54, 1.807) is 10.7 Å². The van der Waals surface area contributed by atoms with E-state index in [-0.39, 0.29) is 10.8 Å². The maximum absolute atomic E-state index is 12.8. The third-order valence-electron chi connectivity index (χ3n) is 4.54. The maximum atomic E-state index is 12.8. The fraction of sp³-hybridized carbons (Fsp3) is 0.0909. The molecule has 0 saturated heterocycles. The lowest BCUT2D eigenvalue weighted by Gasteiger charge is -2.11. The first-order valence-corrected chi connectivity index (χ1v) is 9.55. The first kappa shape index (κ1) is 19.9. The molecule has 30 heavy (non-hydrogen) atoms. The van der Waals surface area contributed by atoms with Gasteiger partial charge in [0.1, 0.15) is 0 Å². The van der Waals surface area contributed by atoms with E-state index in [0.717, 1.165) is 28.5 Å². The van der Waals surface area contributed by atoms with Crippen molar-refractivity contribution in [2.45, 2.75) is 12.7 Å². The minimum Gasteiger partial charge on any atom is -0.332 e. The lowest BCUT2D eigenvalue weighted by atomic mass is 10.0. The van der Waals surface area contributed by atoms with Gasteiger partial charge in [0.2, 0.25) is 0 Å². The molecule has 1 aromatic heterocycles. The molecule has 0 fully saturated rings. The monoisotopic (exact) mass is 426 g/mol. The average Bonchev–Trinajstić information content (AvgIpc) is 3.14. The molecule has 0 aliphatic carbocycles. The van der Waals surface area contributed by atoms with E-state index >= 15 is 0 Å². The van der Waals surface area contributed by atoms with E-state index in [1.165, 1.54) is 12.1 Å². The quantitative estimate of drug-likeness (QED) is 0.398. The van der Waals surface area contributed by atoms with Crippen molar-refractivity contribution in [1.29, 1.82) is 0 Å². The molecule has 0 saturated carbocycles. The maximum Gasteiger partial charge on any atom is 0.416 e. The molecule has 0 unspecified atom stereocenters. The van der Waals surface area contributed by atoms with Crippen molar-refractivity contribution >= 4 is 39.6 Å². The van der Waals surface area contributed by atoms with Gasteiger partial charge in [-0.15, -0.1) is 0 Å². The standard InChI is InChI=1S/C22H17F3N4S/c23-22(24,25)17-8-4-9-18(13-17)26-21(30)27-20-11-12-29(28-20)14-16-7-3-6-15-5-1-2-10-19(15)16/h1-13H,14H2,(H2,26,27,28,30). The lowest BCUT2D eigenvalue weighted by molar-refractivity contribution is -0.137. The Hall–Kier alpha value is -3.39. The highest BCUT2D eigenvalue weighted by Gasteiger charge is 2.30. The van der Waals surface area contributed by atoms with Crippen LogP contribution in [0.1, 0.15) is 11.1 Å². The number of anilines is 2. The smallest absolute Gasteiger partial charge is 0.332 e. The molecular weight excluding hydrogens is 409 g/mol. The zero-order valence-electron chi connectivity index (χ0n) is 15.6. The Morgan fingerprint density at radius 1 is 0.933 bits per heavy atom. The van der Waals surface area contributed by atoms with Gasteiger partial charge in [-0.05, 0) is 46.8 Å². The second-order valence-electron chi connectivity index (χ2n) is 6.69. The Morgan fingerprint density at radius 2 is 1.70 bits per heavy atom. The van der Waals surface area contributed by atoms with E-state index in [0.29, 0.717) is 12.4 Å². The summed E-state index contributed by atoms with van der Waals surface area (Å²) in [6.45, 7) is 0.580.